The molecule has 7 heteroatoms. The maximum Gasteiger partial charge on any atom is 0.355 e. The summed E-state index contributed by atoms with van der Waals surface area (Å²) in [5.41, 5.74) is 0.781. The first-order chi connectivity index (χ1) is 10.6. The molecule has 118 valence electrons. The molecule has 2 rings (SSSR count). The molecule has 0 atom stereocenters. The summed E-state index contributed by atoms with van der Waals surface area (Å²) >= 11 is 0. The van der Waals surface area contributed by atoms with Gasteiger partial charge in [0.05, 0.1) is 39.2 Å². The van der Waals surface area contributed by atoms with Crippen molar-refractivity contribution in [1.82, 2.24) is 0 Å². The number of esters is 2. The fraction of sp³-hybridized carbons (Fsp3) is 0.333. The highest BCUT2D eigenvalue weighted by molar-refractivity contribution is 6.03. The van der Waals surface area contributed by atoms with Crippen molar-refractivity contribution in [2.45, 2.75) is 0 Å². The molecule has 0 radical (unpaired) electrons. The normalized spacial score (nSPS) is 14.6. The zero-order valence-electron chi connectivity index (χ0n) is 12.6. The van der Waals surface area contributed by atoms with Gasteiger partial charge in [-0.1, -0.05) is 12.1 Å². The largest absolute Gasteiger partial charge is 0.495 e. The summed E-state index contributed by atoms with van der Waals surface area (Å²) in [5, 5.41) is 0. The number of carbonyl (C=O) groups excluding carboxylic acids is 2. The monoisotopic (exact) mass is 307 g/mol. The number of hydrogen-bond acceptors (Lipinski definition) is 7. The van der Waals surface area contributed by atoms with Crippen LogP contribution in [0, 0.1) is 0 Å². The molecule has 1 aromatic rings. The van der Waals surface area contributed by atoms with Gasteiger partial charge in [0.15, 0.2) is 0 Å². The molecule has 22 heavy (non-hydrogen) atoms. The molecule has 0 unspecified atom stereocenters. The first-order valence-corrected chi connectivity index (χ1v) is 6.52. The molecule has 1 aliphatic rings. The number of carbonyl (C=O) groups is 2. The van der Waals surface area contributed by atoms with E-state index in [4.69, 9.17) is 18.9 Å². The van der Waals surface area contributed by atoms with Crippen molar-refractivity contribution in [2.24, 2.45) is 0 Å². The van der Waals surface area contributed by atoms with Crippen LogP contribution in [0.15, 0.2) is 35.5 Å². The van der Waals surface area contributed by atoms with Gasteiger partial charge in [-0.2, -0.15) is 0 Å². The molecule has 1 aromatic carbocycles. The Hall–Kier alpha value is -2.54. The van der Waals surface area contributed by atoms with Gasteiger partial charge in [0.25, 0.3) is 0 Å². The predicted molar refractivity (Wildman–Crippen MR) is 77.4 cm³/mol. The second kappa shape index (κ2) is 6.95. The lowest BCUT2D eigenvalue weighted by molar-refractivity contribution is -0.140. The number of ether oxygens (including phenoxy) is 4. The Morgan fingerprint density at radius 3 is 2.41 bits per heavy atom. The van der Waals surface area contributed by atoms with Crippen LogP contribution < -0.4 is 9.64 Å². The van der Waals surface area contributed by atoms with Crippen molar-refractivity contribution in [3.05, 3.63) is 35.5 Å². The second-order valence-corrected chi connectivity index (χ2v) is 4.39. The Balaban J connectivity index is 2.57. The van der Waals surface area contributed by atoms with Gasteiger partial charge < -0.3 is 23.8 Å². The Morgan fingerprint density at radius 1 is 1.09 bits per heavy atom. The van der Waals surface area contributed by atoms with Crippen LogP contribution in [0.25, 0.3) is 0 Å². The van der Waals surface area contributed by atoms with Gasteiger partial charge in [0.1, 0.15) is 18.2 Å². The van der Waals surface area contributed by atoms with E-state index in [9.17, 15) is 9.59 Å². The lowest BCUT2D eigenvalue weighted by Crippen LogP contribution is -2.38. The van der Waals surface area contributed by atoms with E-state index in [1.54, 1.807) is 24.3 Å². The van der Waals surface area contributed by atoms with Crippen LogP contribution in [0.3, 0.4) is 0 Å². The molecule has 0 spiro atoms. The van der Waals surface area contributed by atoms with Gasteiger partial charge >= 0.3 is 11.9 Å². The maximum absolute atomic E-state index is 12.2. The molecular formula is C15H17NO6. The van der Waals surface area contributed by atoms with E-state index in [0.29, 0.717) is 11.4 Å². The van der Waals surface area contributed by atoms with E-state index in [1.807, 2.05) is 0 Å². The zero-order chi connectivity index (χ0) is 16.1. The average molecular weight is 307 g/mol. The number of hydrogen-bond donors (Lipinski definition) is 0. The third kappa shape index (κ3) is 2.89. The predicted octanol–water partition coefficient (Wildman–Crippen LogP) is 1.09. The Morgan fingerprint density at radius 2 is 1.77 bits per heavy atom. The van der Waals surface area contributed by atoms with Crippen molar-refractivity contribution in [3.8, 4) is 5.75 Å². The molecule has 0 fully saturated rings. The van der Waals surface area contributed by atoms with Crippen LogP contribution in [0.2, 0.25) is 0 Å². The Labute approximate surface area is 128 Å². The number of benzene rings is 1. The van der Waals surface area contributed by atoms with Crippen LogP contribution in [0.4, 0.5) is 5.69 Å². The van der Waals surface area contributed by atoms with E-state index in [1.165, 1.54) is 26.2 Å². The minimum atomic E-state index is -0.644. The summed E-state index contributed by atoms with van der Waals surface area (Å²) in [7, 11) is 4.01. The van der Waals surface area contributed by atoms with Crippen LogP contribution in [0.5, 0.6) is 5.75 Å². The highest BCUT2D eigenvalue weighted by Crippen LogP contribution is 2.33. The molecule has 1 heterocycles. The van der Waals surface area contributed by atoms with Crippen molar-refractivity contribution >= 4 is 17.6 Å². The summed E-state index contributed by atoms with van der Waals surface area (Å²) in [5.74, 6) is -0.742. The summed E-state index contributed by atoms with van der Waals surface area (Å²) in [6, 6.07) is 7.09. The highest BCUT2D eigenvalue weighted by Gasteiger charge is 2.33. The maximum atomic E-state index is 12.2. The standard InChI is InChI=1S/C15H17NO6/c1-19-12-7-5-4-6-11(12)16-9-22-8-10(14(17)20-2)13(16)15(18)21-3/h4-7H,8-9H2,1-3H3. The van der Waals surface area contributed by atoms with Gasteiger partial charge in [-0.15, -0.1) is 0 Å². The molecule has 0 saturated heterocycles. The van der Waals surface area contributed by atoms with Crippen LogP contribution >= 0.6 is 0 Å². The molecular weight excluding hydrogens is 290 g/mol. The zero-order valence-corrected chi connectivity index (χ0v) is 12.6. The summed E-state index contributed by atoms with van der Waals surface area (Å²) in [6.45, 7) is 0.0635. The van der Waals surface area contributed by atoms with Gasteiger partial charge in [0, 0.05) is 0 Å². The fourth-order valence-corrected chi connectivity index (χ4v) is 2.19. The fourth-order valence-electron chi connectivity index (χ4n) is 2.19. The first-order valence-electron chi connectivity index (χ1n) is 6.52. The average Bonchev–Trinajstić information content (AvgIpc) is 2.59. The quantitative estimate of drug-likeness (QED) is 0.771. The van der Waals surface area contributed by atoms with E-state index in [0.717, 1.165) is 0 Å². The number of nitrogens with zero attached hydrogens (tertiary/aromatic N) is 1. The lowest BCUT2D eigenvalue weighted by atomic mass is 10.1. The minimum Gasteiger partial charge on any atom is -0.495 e. The van der Waals surface area contributed by atoms with Crippen molar-refractivity contribution < 1.29 is 28.5 Å². The molecule has 0 N–H and O–H groups in total. The van der Waals surface area contributed by atoms with Gasteiger partial charge in [0.2, 0.25) is 0 Å². The van der Waals surface area contributed by atoms with E-state index >= 15 is 0 Å². The van der Waals surface area contributed by atoms with Crippen LogP contribution in [-0.4, -0.2) is 46.6 Å². The first kappa shape index (κ1) is 15.8. The summed E-state index contributed by atoms with van der Waals surface area (Å²) in [4.78, 5) is 25.6. The smallest absolute Gasteiger partial charge is 0.355 e. The van der Waals surface area contributed by atoms with Crippen molar-refractivity contribution in [1.29, 1.82) is 0 Å². The molecule has 0 bridgehead atoms. The number of methoxy groups -OCH3 is 3. The second-order valence-electron chi connectivity index (χ2n) is 4.39. The van der Waals surface area contributed by atoms with E-state index < -0.39 is 11.9 Å². The third-order valence-electron chi connectivity index (χ3n) is 3.21. The highest BCUT2D eigenvalue weighted by atomic mass is 16.5. The van der Waals surface area contributed by atoms with E-state index in [-0.39, 0.29) is 24.6 Å². The van der Waals surface area contributed by atoms with Gasteiger partial charge in [-0.25, -0.2) is 9.59 Å². The minimum absolute atomic E-state index is 0.0250. The lowest BCUT2D eigenvalue weighted by Gasteiger charge is -2.32. The molecule has 1 aliphatic heterocycles. The van der Waals surface area contributed by atoms with Gasteiger partial charge in [-0.05, 0) is 12.1 Å². The Kier molecular flexibility index (Phi) is 5.00. The number of rotatable bonds is 4. The molecule has 0 amide bonds. The molecule has 0 saturated carbocycles. The SMILES string of the molecule is COC(=O)C1=C(C(=O)OC)N(c2ccccc2OC)COC1. The van der Waals surface area contributed by atoms with Crippen molar-refractivity contribution in [2.75, 3.05) is 39.6 Å². The third-order valence-corrected chi connectivity index (χ3v) is 3.21. The molecule has 7 nitrogen and oxygen atoms in total. The number of anilines is 1. The van der Waals surface area contributed by atoms with Crippen molar-refractivity contribution in [3.63, 3.8) is 0 Å². The topological polar surface area (TPSA) is 74.3 Å². The van der Waals surface area contributed by atoms with Gasteiger partial charge in [-0.3, -0.25) is 0 Å². The summed E-state index contributed by atoms with van der Waals surface area (Å²) in [6.07, 6.45) is 0. The van der Waals surface area contributed by atoms with Crippen LogP contribution in [-0.2, 0) is 23.8 Å². The number of para-hydroxylation sites is 2. The van der Waals surface area contributed by atoms with E-state index in [2.05, 4.69) is 0 Å². The Bertz CT molecular complexity index is 610. The molecule has 0 aromatic heterocycles. The van der Waals surface area contributed by atoms with Crippen LogP contribution in [0.1, 0.15) is 0 Å². The summed E-state index contributed by atoms with van der Waals surface area (Å²) < 4.78 is 20.2. The molecule has 0 aliphatic carbocycles.